The molecule has 0 aromatic rings. The van der Waals surface area contributed by atoms with Crippen molar-refractivity contribution in [2.24, 2.45) is 5.41 Å². The SMILES string of the molecule is CCCC(=O)NC1CCN(C(=O)NCC(C)(C)C)CC1. The zero-order valence-electron chi connectivity index (χ0n) is 13.3. The van der Waals surface area contributed by atoms with Gasteiger partial charge in [0.15, 0.2) is 0 Å². The molecule has 0 saturated carbocycles. The van der Waals surface area contributed by atoms with E-state index in [1.165, 1.54) is 0 Å². The van der Waals surface area contributed by atoms with Crippen LogP contribution in [0.25, 0.3) is 0 Å². The summed E-state index contributed by atoms with van der Waals surface area (Å²) in [7, 11) is 0. The average molecular weight is 283 g/mol. The summed E-state index contributed by atoms with van der Waals surface area (Å²) >= 11 is 0. The highest BCUT2D eigenvalue weighted by Crippen LogP contribution is 2.13. The van der Waals surface area contributed by atoms with E-state index in [4.69, 9.17) is 0 Å². The van der Waals surface area contributed by atoms with Crippen molar-refractivity contribution in [3.63, 3.8) is 0 Å². The van der Waals surface area contributed by atoms with Gasteiger partial charge in [-0.05, 0) is 24.7 Å². The predicted molar refractivity (Wildman–Crippen MR) is 80.5 cm³/mol. The second-order valence-electron chi connectivity index (χ2n) is 6.80. The lowest BCUT2D eigenvalue weighted by Crippen LogP contribution is -2.50. The second kappa shape index (κ2) is 7.50. The minimum atomic E-state index is 0.0123. The monoisotopic (exact) mass is 283 g/mol. The van der Waals surface area contributed by atoms with Gasteiger partial charge in [0.25, 0.3) is 0 Å². The average Bonchev–Trinajstić information content (AvgIpc) is 2.36. The van der Waals surface area contributed by atoms with Crippen molar-refractivity contribution in [2.45, 2.75) is 59.4 Å². The number of hydrogen-bond acceptors (Lipinski definition) is 2. The van der Waals surface area contributed by atoms with Crippen LogP contribution in [0, 0.1) is 5.41 Å². The Hall–Kier alpha value is -1.26. The minimum Gasteiger partial charge on any atom is -0.353 e. The molecule has 0 radical (unpaired) electrons. The van der Waals surface area contributed by atoms with Gasteiger partial charge in [-0.25, -0.2) is 4.79 Å². The Morgan fingerprint density at radius 1 is 1.20 bits per heavy atom. The fourth-order valence-electron chi connectivity index (χ4n) is 2.21. The Morgan fingerprint density at radius 2 is 1.80 bits per heavy atom. The van der Waals surface area contributed by atoms with Gasteiger partial charge in [-0.15, -0.1) is 0 Å². The summed E-state index contributed by atoms with van der Waals surface area (Å²) in [5, 5.41) is 6.01. The van der Waals surface area contributed by atoms with Crippen molar-refractivity contribution in [1.29, 1.82) is 0 Å². The summed E-state index contributed by atoms with van der Waals surface area (Å²) in [4.78, 5) is 25.4. The molecule has 0 atom stereocenters. The van der Waals surface area contributed by atoms with Crippen LogP contribution in [-0.4, -0.2) is 42.5 Å². The smallest absolute Gasteiger partial charge is 0.317 e. The minimum absolute atomic E-state index is 0.0123. The molecule has 3 amide bonds. The Balaban J connectivity index is 2.27. The number of nitrogens with zero attached hydrogens (tertiary/aromatic N) is 1. The van der Waals surface area contributed by atoms with E-state index in [0.29, 0.717) is 26.1 Å². The maximum atomic E-state index is 12.0. The molecule has 1 rings (SSSR count). The summed E-state index contributed by atoms with van der Waals surface area (Å²) < 4.78 is 0. The van der Waals surface area contributed by atoms with Crippen LogP contribution in [0.2, 0.25) is 0 Å². The van der Waals surface area contributed by atoms with Gasteiger partial charge in [-0.3, -0.25) is 4.79 Å². The van der Waals surface area contributed by atoms with Crippen LogP contribution < -0.4 is 10.6 Å². The number of piperidine rings is 1. The van der Waals surface area contributed by atoms with Gasteiger partial charge in [0.05, 0.1) is 0 Å². The molecule has 116 valence electrons. The van der Waals surface area contributed by atoms with E-state index in [1.54, 1.807) is 0 Å². The van der Waals surface area contributed by atoms with Crippen LogP contribution in [0.5, 0.6) is 0 Å². The maximum Gasteiger partial charge on any atom is 0.317 e. The molecule has 0 unspecified atom stereocenters. The fraction of sp³-hybridized carbons (Fsp3) is 0.867. The lowest BCUT2D eigenvalue weighted by molar-refractivity contribution is -0.122. The van der Waals surface area contributed by atoms with Crippen molar-refractivity contribution >= 4 is 11.9 Å². The van der Waals surface area contributed by atoms with Crippen LogP contribution >= 0.6 is 0 Å². The quantitative estimate of drug-likeness (QED) is 0.830. The van der Waals surface area contributed by atoms with E-state index in [2.05, 4.69) is 31.4 Å². The third-order valence-electron chi connectivity index (χ3n) is 3.39. The van der Waals surface area contributed by atoms with E-state index in [1.807, 2.05) is 11.8 Å². The highest BCUT2D eigenvalue weighted by Gasteiger charge is 2.24. The van der Waals surface area contributed by atoms with E-state index < -0.39 is 0 Å². The van der Waals surface area contributed by atoms with Crippen molar-refractivity contribution in [3.05, 3.63) is 0 Å². The molecule has 0 spiro atoms. The summed E-state index contributed by atoms with van der Waals surface area (Å²) in [6, 6.07) is 0.235. The first-order chi connectivity index (χ1) is 9.31. The summed E-state index contributed by atoms with van der Waals surface area (Å²) in [5.41, 5.74) is 0.0993. The zero-order chi connectivity index (χ0) is 15.2. The molecule has 1 saturated heterocycles. The highest BCUT2D eigenvalue weighted by molar-refractivity contribution is 5.76. The van der Waals surface area contributed by atoms with E-state index in [9.17, 15) is 9.59 Å². The van der Waals surface area contributed by atoms with Gasteiger partial charge in [0.2, 0.25) is 5.91 Å². The molecule has 5 nitrogen and oxygen atoms in total. The first-order valence-corrected chi connectivity index (χ1v) is 7.64. The van der Waals surface area contributed by atoms with Gasteiger partial charge < -0.3 is 15.5 Å². The molecule has 1 aliphatic rings. The number of rotatable bonds is 4. The Bertz CT molecular complexity index is 329. The molecule has 1 fully saturated rings. The maximum absolute atomic E-state index is 12.0. The lowest BCUT2D eigenvalue weighted by Gasteiger charge is -2.33. The number of likely N-dealkylation sites (tertiary alicyclic amines) is 1. The molecule has 1 aliphatic heterocycles. The highest BCUT2D eigenvalue weighted by atomic mass is 16.2. The Labute approximate surface area is 122 Å². The van der Waals surface area contributed by atoms with Crippen LogP contribution in [0.4, 0.5) is 4.79 Å². The Kier molecular flexibility index (Phi) is 6.30. The molecule has 0 aliphatic carbocycles. The summed E-state index contributed by atoms with van der Waals surface area (Å²) in [6.07, 6.45) is 3.16. The molecular formula is C15H29N3O2. The van der Waals surface area contributed by atoms with Crippen molar-refractivity contribution in [2.75, 3.05) is 19.6 Å². The lowest BCUT2D eigenvalue weighted by atomic mass is 9.97. The summed E-state index contributed by atoms with van der Waals surface area (Å²) in [5.74, 6) is 0.128. The molecule has 0 aromatic heterocycles. The third-order valence-corrected chi connectivity index (χ3v) is 3.39. The van der Waals surface area contributed by atoms with Gasteiger partial charge in [-0.1, -0.05) is 27.7 Å². The van der Waals surface area contributed by atoms with Gasteiger partial charge >= 0.3 is 6.03 Å². The van der Waals surface area contributed by atoms with Crippen LogP contribution in [-0.2, 0) is 4.79 Å². The predicted octanol–water partition coefficient (Wildman–Crippen LogP) is 2.12. The van der Waals surface area contributed by atoms with Gasteiger partial charge in [-0.2, -0.15) is 0 Å². The molecule has 1 heterocycles. The van der Waals surface area contributed by atoms with Crippen molar-refractivity contribution in [1.82, 2.24) is 15.5 Å². The number of carbonyl (C=O) groups excluding carboxylic acids is 2. The number of carbonyl (C=O) groups is 2. The van der Waals surface area contributed by atoms with Gasteiger partial charge in [0.1, 0.15) is 0 Å². The van der Waals surface area contributed by atoms with Crippen molar-refractivity contribution in [3.8, 4) is 0 Å². The van der Waals surface area contributed by atoms with E-state index in [0.717, 1.165) is 19.3 Å². The number of nitrogens with one attached hydrogen (secondary N) is 2. The molecule has 20 heavy (non-hydrogen) atoms. The van der Waals surface area contributed by atoms with E-state index in [-0.39, 0.29) is 23.4 Å². The molecule has 0 aromatic carbocycles. The first kappa shape index (κ1) is 16.8. The molecule has 5 heteroatoms. The fourth-order valence-corrected chi connectivity index (χ4v) is 2.21. The van der Waals surface area contributed by atoms with Crippen LogP contribution in [0.15, 0.2) is 0 Å². The third kappa shape index (κ3) is 6.26. The van der Waals surface area contributed by atoms with E-state index >= 15 is 0 Å². The summed E-state index contributed by atoms with van der Waals surface area (Å²) in [6.45, 7) is 10.4. The zero-order valence-corrected chi connectivity index (χ0v) is 13.3. The first-order valence-electron chi connectivity index (χ1n) is 7.64. The molecule has 0 bridgehead atoms. The standard InChI is InChI=1S/C15H29N3O2/c1-5-6-13(19)17-12-7-9-18(10-8-12)14(20)16-11-15(2,3)4/h12H,5-11H2,1-4H3,(H,16,20)(H,17,19). The largest absolute Gasteiger partial charge is 0.353 e. The molecule has 2 N–H and O–H groups in total. The second-order valence-corrected chi connectivity index (χ2v) is 6.80. The van der Waals surface area contributed by atoms with Crippen LogP contribution in [0.1, 0.15) is 53.4 Å². The van der Waals surface area contributed by atoms with Gasteiger partial charge in [0, 0.05) is 32.1 Å². The number of urea groups is 1. The Morgan fingerprint density at radius 3 is 2.30 bits per heavy atom. The topological polar surface area (TPSA) is 61.4 Å². The number of amides is 3. The van der Waals surface area contributed by atoms with Crippen LogP contribution in [0.3, 0.4) is 0 Å². The molecular weight excluding hydrogens is 254 g/mol. The van der Waals surface area contributed by atoms with Crippen molar-refractivity contribution < 1.29 is 9.59 Å². The number of hydrogen-bond donors (Lipinski definition) is 2. The normalized spacial score (nSPS) is 16.9.